The molecule has 0 radical (unpaired) electrons. The first-order chi connectivity index (χ1) is 12.5. The van der Waals surface area contributed by atoms with Crippen molar-refractivity contribution in [2.45, 2.75) is 13.8 Å². The lowest BCUT2D eigenvalue weighted by Gasteiger charge is -2.06. The molecular formula is C20H18N2O3S. The number of benzene rings is 2. The predicted molar refractivity (Wildman–Crippen MR) is 104 cm³/mol. The lowest BCUT2D eigenvalue weighted by atomic mass is 10.2. The SMILES string of the molecule is C/C=C\C(=O)OCC(=O)Nc1ccc(-c2nc3ccc(C)cc3s2)cc1. The summed E-state index contributed by atoms with van der Waals surface area (Å²) in [5.74, 6) is -0.921. The lowest BCUT2D eigenvalue weighted by Crippen LogP contribution is -2.20. The Bertz CT molecular complexity index is 974. The number of hydrogen-bond donors (Lipinski definition) is 1. The number of thiazole rings is 1. The number of aryl methyl sites for hydroxylation is 1. The molecule has 5 nitrogen and oxygen atoms in total. The van der Waals surface area contributed by atoms with E-state index in [1.54, 1.807) is 36.5 Å². The number of rotatable bonds is 5. The molecule has 2 aromatic carbocycles. The molecule has 0 unspecified atom stereocenters. The summed E-state index contributed by atoms with van der Waals surface area (Å²) in [6, 6.07) is 13.6. The summed E-state index contributed by atoms with van der Waals surface area (Å²) in [6.45, 7) is 3.45. The van der Waals surface area contributed by atoms with E-state index in [2.05, 4.69) is 23.3 Å². The van der Waals surface area contributed by atoms with Crippen LogP contribution in [0.1, 0.15) is 12.5 Å². The number of nitrogens with one attached hydrogen (secondary N) is 1. The number of carbonyl (C=O) groups excluding carboxylic acids is 2. The molecule has 26 heavy (non-hydrogen) atoms. The summed E-state index contributed by atoms with van der Waals surface area (Å²) in [7, 11) is 0. The smallest absolute Gasteiger partial charge is 0.330 e. The van der Waals surface area contributed by atoms with Crippen LogP contribution in [0.15, 0.2) is 54.6 Å². The van der Waals surface area contributed by atoms with Gasteiger partial charge in [-0.2, -0.15) is 0 Å². The zero-order valence-electron chi connectivity index (χ0n) is 14.5. The summed E-state index contributed by atoms with van der Waals surface area (Å²) in [4.78, 5) is 27.7. The van der Waals surface area contributed by atoms with E-state index in [4.69, 9.17) is 4.74 Å². The fourth-order valence-electron chi connectivity index (χ4n) is 2.37. The molecule has 0 fully saturated rings. The van der Waals surface area contributed by atoms with Crippen molar-refractivity contribution in [2.24, 2.45) is 0 Å². The Balaban J connectivity index is 1.66. The molecule has 0 aliphatic carbocycles. The maximum atomic E-state index is 11.8. The van der Waals surface area contributed by atoms with Crippen LogP contribution >= 0.6 is 11.3 Å². The van der Waals surface area contributed by atoms with Crippen LogP contribution in [0.5, 0.6) is 0 Å². The van der Waals surface area contributed by atoms with Crippen molar-refractivity contribution in [1.29, 1.82) is 0 Å². The van der Waals surface area contributed by atoms with E-state index < -0.39 is 5.97 Å². The molecule has 3 aromatic rings. The van der Waals surface area contributed by atoms with Gasteiger partial charge in [-0.3, -0.25) is 4.79 Å². The molecule has 1 amide bonds. The first-order valence-electron chi connectivity index (χ1n) is 8.12. The number of ether oxygens (including phenoxy) is 1. The van der Waals surface area contributed by atoms with E-state index in [0.29, 0.717) is 5.69 Å². The third-order valence-electron chi connectivity index (χ3n) is 3.61. The normalized spacial score (nSPS) is 11.0. The number of esters is 1. The van der Waals surface area contributed by atoms with Gasteiger partial charge in [0.2, 0.25) is 0 Å². The van der Waals surface area contributed by atoms with Crippen LogP contribution in [-0.4, -0.2) is 23.5 Å². The summed E-state index contributed by atoms with van der Waals surface area (Å²) >= 11 is 1.64. The van der Waals surface area contributed by atoms with Crippen molar-refractivity contribution >= 4 is 39.1 Å². The Morgan fingerprint density at radius 1 is 1.19 bits per heavy atom. The van der Waals surface area contributed by atoms with E-state index in [0.717, 1.165) is 20.8 Å². The third-order valence-corrected chi connectivity index (χ3v) is 4.68. The number of allylic oxidation sites excluding steroid dienone is 1. The van der Waals surface area contributed by atoms with Gasteiger partial charge >= 0.3 is 5.97 Å². The van der Waals surface area contributed by atoms with Crippen LogP contribution in [0.2, 0.25) is 0 Å². The Morgan fingerprint density at radius 2 is 1.96 bits per heavy atom. The second-order valence-corrected chi connectivity index (χ2v) is 6.75. The molecule has 132 valence electrons. The van der Waals surface area contributed by atoms with Gasteiger partial charge in [-0.1, -0.05) is 12.1 Å². The second-order valence-electron chi connectivity index (χ2n) is 5.72. The molecule has 1 aromatic heterocycles. The van der Waals surface area contributed by atoms with Gasteiger partial charge in [-0.05, 0) is 55.8 Å². The number of carbonyl (C=O) groups is 2. The van der Waals surface area contributed by atoms with Gasteiger partial charge in [0.25, 0.3) is 5.91 Å². The van der Waals surface area contributed by atoms with Gasteiger partial charge in [-0.15, -0.1) is 11.3 Å². The maximum absolute atomic E-state index is 11.8. The van der Waals surface area contributed by atoms with Crippen molar-refractivity contribution < 1.29 is 14.3 Å². The van der Waals surface area contributed by atoms with Gasteiger partial charge in [-0.25, -0.2) is 9.78 Å². The summed E-state index contributed by atoms with van der Waals surface area (Å²) < 4.78 is 5.96. The Morgan fingerprint density at radius 3 is 2.69 bits per heavy atom. The van der Waals surface area contributed by atoms with Gasteiger partial charge in [0.05, 0.1) is 10.2 Å². The molecule has 0 spiro atoms. The van der Waals surface area contributed by atoms with Gasteiger partial charge in [0.15, 0.2) is 6.61 Å². The van der Waals surface area contributed by atoms with E-state index >= 15 is 0 Å². The average molecular weight is 366 g/mol. The Kier molecular flexibility index (Phi) is 5.43. The van der Waals surface area contributed by atoms with Crippen molar-refractivity contribution in [3.8, 4) is 10.6 Å². The van der Waals surface area contributed by atoms with Gasteiger partial charge < -0.3 is 10.1 Å². The lowest BCUT2D eigenvalue weighted by molar-refractivity contribution is -0.142. The number of aromatic nitrogens is 1. The number of hydrogen-bond acceptors (Lipinski definition) is 5. The number of nitrogens with zero attached hydrogens (tertiary/aromatic N) is 1. The first kappa shape index (κ1) is 17.8. The van der Waals surface area contributed by atoms with Gasteiger partial charge in [0, 0.05) is 17.3 Å². The zero-order chi connectivity index (χ0) is 18.5. The zero-order valence-corrected chi connectivity index (χ0v) is 15.3. The number of fused-ring (bicyclic) bond motifs is 1. The molecular weight excluding hydrogens is 348 g/mol. The van der Waals surface area contributed by atoms with Crippen LogP contribution in [0, 0.1) is 6.92 Å². The summed E-state index contributed by atoms with van der Waals surface area (Å²) in [5, 5.41) is 3.63. The molecule has 0 saturated heterocycles. The van der Waals surface area contributed by atoms with Crippen LogP contribution in [0.3, 0.4) is 0 Å². The minimum Gasteiger partial charge on any atom is -0.452 e. The summed E-state index contributed by atoms with van der Waals surface area (Å²) in [5.41, 5.74) is 3.82. The highest BCUT2D eigenvalue weighted by Crippen LogP contribution is 2.31. The summed E-state index contributed by atoms with van der Waals surface area (Å²) in [6.07, 6.45) is 2.82. The molecule has 0 aliphatic heterocycles. The molecule has 1 heterocycles. The van der Waals surface area contributed by atoms with Crippen molar-refractivity contribution in [3.05, 3.63) is 60.2 Å². The van der Waals surface area contributed by atoms with Crippen molar-refractivity contribution in [3.63, 3.8) is 0 Å². The van der Waals surface area contributed by atoms with Gasteiger partial charge in [0.1, 0.15) is 5.01 Å². The van der Waals surface area contributed by atoms with Crippen LogP contribution in [-0.2, 0) is 14.3 Å². The minimum atomic E-state index is -0.538. The van der Waals surface area contributed by atoms with E-state index in [1.807, 2.05) is 24.3 Å². The number of amides is 1. The van der Waals surface area contributed by atoms with E-state index in [9.17, 15) is 9.59 Å². The van der Waals surface area contributed by atoms with E-state index in [-0.39, 0.29) is 12.5 Å². The van der Waals surface area contributed by atoms with Crippen LogP contribution < -0.4 is 5.32 Å². The molecule has 0 saturated carbocycles. The molecule has 6 heteroatoms. The van der Waals surface area contributed by atoms with Crippen LogP contribution in [0.4, 0.5) is 5.69 Å². The fraction of sp³-hybridized carbons (Fsp3) is 0.150. The molecule has 0 aliphatic rings. The molecule has 1 N–H and O–H groups in total. The van der Waals surface area contributed by atoms with E-state index in [1.165, 1.54) is 11.6 Å². The predicted octanol–water partition coefficient (Wildman–Crippen LogP) is 4.33. The van der Waals surface area contributed by atoms with Crippen molar-refractivity contribution in [2.75, 3.05) is 11.9 Å². The number of anilines is 1. The standard InChI is InChI=1S/C20H18N2O3S/c1-3-4-19(24)25-12-18(23)21-15-8-6-14(7-9-15)20-22-16-10-5-13(2)11-17(16)26-20/h3-11H,12H2,1-2H3,(H,21,23)/b4-3-. The van der Waals surface area contributed by atoms with Crippen LogP contribution in [0.25, 0.3) is 20.8 Å². The minimum absolute atomic E-state index is 0.317. The average Bonchev–Trinajstić information content (AvgIpc) is 3.04. The Labute approximate surface area is 155 Å². The first-order valence-corrected chi connectivity index (χ1v) is 8.94. The monoisotopic (exact) mass is 366 g/mol. The molecule has 0 atom stereocenters. The maximum Gasteiger partial charge on any atom is 0.330 e. The third kappa shape index (κ3) is 4.34. The second kappa shape index (κ2) is 7.93. The molecule has 3 rings (SSSR count). The largest absolute Gasteiger partial charge is 0.452 e. The Hall–Kier alpha value is -2.99. The molecule has 0 bridgehead atoms. The highest BCUT2D eigenvalue weighted by Gasteiger charge is 2.08. The highest BCUT2D eigenvalue weighted by molar-refractivity contribution is 7.21. The topological polar surface area (TPSA) is 68.3 Å². The quantitative estimate of drug-likeness (QED) is 0.539. The van der Waals surface area contributed by atoms with Crippen molar-refractivity contribution in [1.82, 2.24) is 4.98 Å². The fourth-order valence-corrected chi connectivity index (χ4v) is 3.44. The highest BCUT2D eigenvalue weighted by atomic mass is 32.1.